The van der Waals surface area contributed by atoms with Gasteiger partial charge < -0.3 is 10.6 Å². The van der Waals surface area contributed by atoms with Gasteiger partial charge in [-0.3, -0.25) is 0 Å². The number of anilines is 3. The second-order valence-corrected chi connectivity index (χ2v) is 5.97. The number of nitrogens with one attached hydrogen (secondary N) is 2. The van der Waals surface area contributed by atoms with Crippen LogP contribution >= 0.6 is 22.9 Å². The fourth-order valence-electron chi connectivity index (χ4n) is 1.94. The Morgan fingerprint density at radius 1 is 1.20 bits per heavy atom. The molecule has 1 aromatic carbocycles. The van der Waals surface area contributed by atoms with Gasteiger partial charge in [-0.05, 0) is 25.1 Å². The molecule has 0 aliphatic rings. The van der Waals surface area contributed by atoms with E-state index in [2.05, 4.69) is 33.6 Å². The van der Waals surface area contributed by atoms with E-state index in [1.165, 1.54) is 4.88 Å². The highest BCUT2D eigenvalue weighted by Crippen LogP contribution is 2.32. The topological polar surface area (TPSA) is 49.8 Å². The number of nitrogens with zero attached hydrogens (tertiary/aromatic N) is 2. The lowest BCUT2D eigenvalue weighted by atomic mass is 10.3. The first-order valence-electron chi connectivity index (χ1n) is 6.15. The molecule has 2 heterocycles. The van der Waals surface area contributed by atoms with Gasteiger partial charge in [-0.2, -0.15) is 4.98 Å². The fraction of sp³-hybridized carbons (Fsp3) is 0.143. The van der Waals surface area contributed by atoms with Crippen molar-refractivity contribution in [2.24, 2.45) is 0 Å². The predicted octanol–water partition coefficient (Wildman–Crippen LogP) is 4.44. The third-order valence-electron chi connectivity index (χ3n) is 2.87. The van der Waals surface area contributed by atoms with Crippen molar-refractivity contribution in [3.63, 3.8) is 0 Å². The zero-order valence-corrected chi connectivity index (χ0v) is 12.6. The maximum atomic E-state index is 6.19. The highest BCUT2D eigenvalue weighted by atomic mass is 35.5. The highest BCUT2D eigenvalue weighted by Gasteiger charge is 2.11. The summed E-state index contributed by atoms with van der Waals surface area (Å²) in [6, 6.07) is 9.69. The third-order valence-corrected chi connectivity index (χ3v) is 4.14. The molecule has 0 amide bonds. The van der Waals surface area contributed by atoms with Crippen molar-refractivity contribution in [2.45, 2.75) is 6.92 Å². The first-order valence-corrected chi connectivity index (χ1v) is 7.34. The summed E-state index contributed by atoms with van der Waals surface area (Å²) < 4.78 is 0. The molecule has 4 nitrogen and oxygen atoms in total. The molecule has 0 fully saturated rings. The molecule has 20 heavy (non-hydrogen) atoms. The summed E-state index contributed by atoms with van der Waals surface area (Å²) in [6.45, 7) is 2.06. The van der Waals surface area contributed by atoms with E-state index in [0.29, 0.717) is 11.0 Å². The highest BCUT2D eigenvalue weighted by molar-refractivity contribution is 7.18. The van der Waals surface area contributed by atoms with E-state index in [0.717, 1.165) is 21.7 Å². The Balaban J connectivity index is 2.12. The van der Waals surface area contributed by atoms with E-state index in [9.17, 15) is 0 Å². The molecule has 3 aromatic rings. The van der Waals surface area contributed by atoms with E-state index in [1.54, 1.807) is 18.4 Å². The van der Waals surface area contributed by atoms with Crippen LogP contribution in [0.3, 0.4) is 0 Å². The third kappa shape index (κ3) is 2.42. The Bertz CT molecular complexity index is 769. The molecule has 0 saturated heterocycles. The van der Waals surface area contributed by atoms with Crippen LogP contribution in [0.4, 0.5) is 17.5 Å². The SMILES string of the molecule is CNc1nc(Nc2ccccc2Cl)c2cc(C)sc2n1. The molecule has 0 aliphatic heterocycles. The van der Waals surface area contributed by atoms with E-state index >= 15 is 0 Å². The minimum absolute atomic E-state index is 0.592. The normalized spacial score (nSPS) is 10.8. The fourth-order valence-corrected chi connectivity index (χ4v) is 3.00. The number of hydrogen-bond acceptors (Lipinski definition) is 5. The molecule has 2 aromatic heterocycles. The lowest BCUT2D eigenvalue weighted by Crippen LogP contribution is -2.01. The Labute approximate surface area is 125 Å². The molecule has 0 spiro atoms. The number of fused-ring (bicyclic) bond motifs is 1. The maximum Gasteiger partial charge on any atom is 0.225 e. The summed E-state index contributed by atoms with van der Waals surface area (Å²) in [4.78, 5) is 11.1. The van der Waals surface area contributed by atoms with Gasteiger partial charge >= 0.3 is 0 Å². The van der Waals surface area contributed by atoms with Gasteiger partial charge in [0.1, 0.15) is 10.6 Å². The quantitative estimate of drug-likeness (QED) is 0.751. The van der Waals surface area contributed by atoms with Gasteiger partial charge in [0.15, 0.2) is 0 Å². The standard InChI is InChI=1S/C14H13ClN4S/c1-8-7-9-12(17-11-6-4-3-5-10(11)15)18-14(16-2)19-13(9)20-8/h3-7H,1-2H3,(H2,16,17,18,19). The lowest BCUT2D eigenvalue weighted by Gasteiger charge is -2.09. The van der Waals surface area contributed by atoms with Crippen molar-refractivity contribution in [1.82, 2.24) is 9.97 Å². The Kier molecular flexibility index (Phi) is 3.46. The summed E-state index contributed by atoms with van der Waals surface area (Å²) in [6.07, 6.45) is 0. The summed E-state index contributed by atoms with van der Waals surface area (Å²) in [5.41, 5.74) is 0.833. The molecule has 6 heteroatoms. The zero-order valence-electron chi connectivity index (χ0n) is 11.1. The second-order valence-electron chi connectivity index (χ2n) is 4.33. The van der Waals surface area contributed by atoms with Crippen molar-refractivity contribution in [3.05, 3.63) is 40.2 Å². The Morgan fingerprint density at radius 3 is 2.75 bits per heavy atom. The average molecular weight is 305 g/mol. The Morgan fingerprint density at radius 2 is 2.00 bits per heavy atom. The van der Waals surface area contributed by atoms with Crippen molar-refractivity contribution in [3.8, 4) is 0 Å². The van der Waals surface area contributed by atoms with Crippen LogP contribution < -0.4 is 10.6 Å². The largest absolute Gasteiger partial charge is 0.357 e. The lowest BCUT2D eigenvalue weighted by molar-refractivity contribution is 1.20. The van der Waals surface area contributed by atoms with E-state index in [1.807, 2.05) is 24.3 Å². The molecule has 3 rings (SSSR count). The van der Waals surface area contributed by atoms with Crippen LogP contribution in [0.1, 0.15) is 4.88 Å². The van der Waals surface area contributed by atoms with Crippen LogP contribution in [0.2, 0.25) is 5.02 Å². The molecule has 0 unspecified atom stereocenters. The number of benzene rings is 1. The van der Waals surface area contributed by atoms with Crippen LogP contribution in [-0.4, -0.2) is 17.0 Å². The first kappa shape index (κ1) is 13.1. The minimum atomic E-state index is 0.592. The number of rotatable bonds is 3. The number of para-hydroxylation sites is 1. The summed E-state index contributed by atoms with van der Waals surface area (Å²) in [7, 11) is 1.81. The van der Waals surface area contributed by atoms with Gasteiger partial charge in [0.25, 0.3) is 0 Å². The molecule has 0 atom stereocenters. The van der Waals surface area contributed by atoms with E-state index < -0.39 is 0 Å². The van der Waals surface area contributed by atoms with E-state index in [4.69, 9.17) is 11.6 Å². The molecule has 0 radical (unpaired) electrons. The van der Waals surface area contributed by atoms with E-state index in [-0.39, 0.29) is 0 Å². The van der Waals surface area contributed by atoms with Crippen LogP contribution in [-0.2, 0) is 0 Å². The van der Waals surface area contributed by atoms with Gasteiger partial charge in [0.05, 0.1) is 16.1 Å². The van der Waals surface area contributed by atoms with Gasteiger partial charge in [0.2, 0.25) is 5.95 Å². The Hall–Kier alpha value is -1.85. The number of hydrogen-bond donors (Lipinski definition) is 2. The molecule has 2 N–H and O–H groups in total. The van der Waals surface area contributed by atoms with Crippen LogP contribution in [0.25, 0.3) is 10.2 Å². The minimum Gasteiger partial charge on any atom is -0.357 e. The first-order chi connectivity index (χ1) is 9.67. The molecule has 0 saturated carbocycles. The summed E-state index contributed by atoms with van der Waals surface area (Å²) >= 11 is 7.83. The van der Waals surface area contributed by atoms with Crippen molar-refractivity contribution in [1.29, 1.82) is 0 Å². The van der Waals surface area contributed by atoms with Crippen LogP contribution in [0.5, 0.6) is 0 Å². The molecular formula is C14H13ClN4S. The molecule has 0 bridgehead atoms. The number of aromatic nitrogens is 2. The molecule has 102 valence electrons. The zero-order chi connectivity index (χ0) is 14.1. The van der Waals surface area contributed by atoms with Crippen molar-refractivity contribution < 1.29 is 0 Å². The number of aryl methyl sites for hydroxylation is 1. The van der Waals surface area contributed by atoms with Crippen molar-refractivity contribution in [2.75, 3.05) is 17.7 Å². The predicted molar refractivity (Wildman–Crippen MR) is 86.4 cm³/mol. The molecule has 0 aliphatic carbocycles. The van der Waals surface area contributed by atoms with Crippen LogP contribution in [0.15, 0.2) is 30.3 Å². The van der Waals surface area contributed by atoms with Gasteiger partial charge in [-0.25, -0.2) is 4.98 Å². The second kappa shape index (κ2) is 5.26. The average Bonchev–Trinajstić information content (AvgIpc) is 2.81. The number of thiophene rings is 1. The monoisotopic (exact) mass is 304 g/mol. The summed E-state index contributed by atoms with van der Waals surface area (Å²) in [5.74, 6) is 1.35. The van der Waals surface area contributed by atoms with Gasteiger partial charge in [-0.15, -0.1) is 11.3 Å². The molecular weight excluding hydrogens is 292 g/mol. The smallest absolute Gasteiger partial charge is 0.225 e. The van der Waals surface area contributed by atoms with Gasteiger partial charge in [0, 0.05) is 11.9 Å². The van der Waals surface area contributed by atoms with Crippen LogP contribution in [0, 0.1) is 6.92 Å². The summed E-state index contributed by atoms with van der Waals surface area (Å²) in [5, 5.41) is 7.94. The maximum absolute atomic E-state index is 6.19. The van der Waals surface area contributed by atoms with Gasteiger partial charge in [-0.1, -0.05) is 23.7 Å². The number of halogens is 1. The van der Waals surface area contributed by atoms with Crippen molar-refractivity contribution >= 4 is 50.6 Å².